The smallest absolute Gasteiger partial charge is 0.124 e. The van der Waals surface area contributed by atoms with Crippen molar-refractivity contribution in [2.75, 3.05) is 19.6 Å². The van der Waals surface area contributed by atoms with Gasteiger partial charge in [-0.15, -0.1) is 0 Å². The topological polar surface area (TPSA) is 38.5 Å². The Balaban J connectivity index is 1.85. The van der Waals surface area contributed by atoms with E-state index in [1.165, 1.54) is 13.0 Å². The van der Waals surface area contributed by atoms with Crippen molar-refractivity contribution in [2.24, 2.45) is 5.73 Å². The van der Waals surface area contributed by atoms with Crippen molar-refractivity contribution in [3.05, 3.63) is 28.2 Å². The lowest BCUT2D eigenvalue weighted by molar-refractivity contribution is 0.0219. The van der Waals surface area contributed by atoms with E-state index in [0.29, 0.717) is 0 Å². The summed E-state index contributed by atoms with van der Waals surface area (Å²) >= 11 is 3.52. The predicted octanol–water partition coefficient (Wildman–Crippen LogP) is 3.48. The van der Waals surface area contributed by atoms with Gasteiger partial charge in [0.15, 0.2) is 0 Å². The molecule has 1 saturated heterocycles. The molecule has 0 radical (unpaired) electrons. The highest BCUT2D eigenvalue weighted by Crippen LogP contribution is 2.44. The van der Waals surface area contributed by atoms with Crippen molar-refractivity contribution in [1.29, 1.82) is 0 Å². The molecule has 3 rings (SSSR count). The SMILES string of the molecule is CCN1CCCC2(CC1)C[C@H](N)c1cc(Br)ccc1O2. The summed E-state index contributed by atoms with van der Waals surface area (Å²) in [6.07, 6.45) is 4.34. The second-order valence-electron chi connectivity index (χ2n) is 6.07. The van der Waals surface area contributed by atoms with Crippen LogP contribution in [0.15, 0.2) is 22.7 Å². The molecule has 0 saturated carbocycles. The Bertz CT molecular complexity index is 493. The van der Waals surface area contributed by atoms with E-state index in [9.17, 15) is 0 Å². The number of ether oxygens (including phenoxy) is 1. The van der Waals surface area contributed by atoms with E-state index < -0.39 is 0 Å². The molecular weight excluding hydrogens is 316 g/mol. The molecule has 2 aliphatic rings. The average Bonchev–Trinajstić information content (AvgIpc) is 2.62. The van der Waals surface area contributed by atoms with Gasteiger partial charge in [0.05, 0.1) is 0 Å². The summed E-state index contributed by atoms with van der Waals surface area (Å²) in [5.41, 5.74) is 7.51. The quantitative estimate of drug-likeness (QED) is 0.851. The highest BCUT2D eigenvalue weighted by Gasteiger charge is 2.40. The molecule has 2 N–H and O–H groups in total. The van der Waals surface area contributed by atoms with Crippen LogP contribution >= 0.6 is 15.9 Å². The van der Waals surface area contributed by atoms with Crippen LogP contribution in [0, 0.1) is 0 Å². The normalized spacial score (nSPS) is 30.6. The minimum atomic E-state index is -0.0514. The first-order valence-corrected chi connectivity index (χ1v) is 8.37. The van der Waals surface area contributed by atoms with E-state index in [1.807, 2.05) is 6.07 Å². The maximum atomic E-state index is 6.43. The fraction of sp³-hybridized carbons (Fsp3) is 0.625. The maximum Gasteiger partial charge on any atom is 0.124 e. The zero-order valence-corrected chi connectivity index (χ0v) is 13.7. The molecular formula is C16H23BrN2O. The molecule has 2 atom stereocenters. The molecule has 2 heterocycles. The Morgan fingerprint density at radius 2 is 2.25 bits per heavy atom. The lowest BCUT2D eigenvalue weighted by atomic mass is 9.82. The first kappa shape index (κ1) is 14.4. The lowest BCUT2D eigenvalue weighted by Crippen LogP contribution is -2.43. The highest BCUT2D eigenvalue weighted by molar-refractivity contribution is 9.10. The van der Waals surface area contributed by atoms with Crippen molar-refractivity contribution in [3.63, 3.8) is 0 Å². The first-order valence-electron chi connectivity index (χ1n) is 7.58. The van der Waals surface area contributed by atoms with Gasteiger partial charge >= 0.3 is 0 Å². The van der Waals surface area contributed by atoms with Gasteiger partial charge in [0.2, 0.25) is 0 Å². The maximum absolute atomic E-state index is 6.43. The molecule has 1 unspecified atom stereocenters. The number of nitrogens with zero attached hydrogens (tertiary/aromatic N) is 1. The number of nitrogens with two attached hydrogens (primary N) is 1. The van der Waals surface area contributed by atoms with Crippen LogP contribution in [0.3, 0.4) is 0 Å². The molecule has 1 spiro atoms. The van der Waals surface area contributed by atoms with Gasteiger partial charge in [-0.3, -0.25) is 0 Å². The third kappa shape index (κ3) is 2.74. The van der Waals surface area contributed by atoms with Crippen LogP contribution in [0.25, 0.3) is 0 Å². The summed E-state index contributed by atoms with van der Waals surface area (Å²) < 4.78 is 7.50. The van der Waals surface area contributed by atoms with Crippen LogP contribution in [0.4, 0.5) is 0 Å². The van der Waals surface area contributed by atoms with Crippen LogP contribution < -0.4 is 10.5 Å². The second kappa shape index (κ2) is 5.66. The molecule has 1 fully saturated rings. The standard InChI is InChI=1S/C16H23BrN2O/c1-2-19-8-3-6-16(7-9-19)11-14(18)13-10-12(17)4-5-15(13)20-16/h4-5,10,14H,2-3,6-9,11,18H2,1H3/t14-,16?/m0/s1. The molecule has 110 valence electrons. The van der Waals surface area contributed by atoms with Gasteiger partial charge in [-0.1, -0.05) is 22.9 Å². The Morgan fingerprint density at radius 3 is 3.05 bits per heavy atom. The summed E-state index contributed by atoms with van der Waals surface area (Å²) in [5, 5.41) is 0. The molecule has 0 aromatic heterocycles. The molecule has 3 nitrogen and oxygen atoms in total. The summed E-state index contributed by atoms with van der Waals surface area (Å²) in [7, 11) is 0. The fourth-order valence-corrected chi connectivity index (χ4v) is 3.91. The fourth-order valence-electron chi connectivity index (χ4n) is 3.53. The Hall–Kier alpha value is -0.580. The number of fused-ring (bicyclic) bond motifs is 1. The van der Waals surface area contributed by atoms with Crippen molar-refractivity contribution in [2.45, 2.75) is 44.2 Å². The minimum absolute atomic E-state index is 0.0514. The van der Waals surface area contributed by atoms with Gasteiger partial charge in [-0.25, -0.2) is 0 Å². The molecule has 2 aliphatic heterocycles. The molecule has 20 heavy (non-hydrogen) atoms. The van der Waals surface area contributed by atoms with Crippen LogP contribution in [0.5, 0.6) is 5.75 Å². The molecule has 1 aromatic carbocycles. The molecule has 0 aliphatic carbocycles. The van der Waals surface area contributed by atoms with Crippen LogP contribution in [-0.2, 0) is 0 Å². The number of hydrogen-bond acceptors (Lipinski definition) is 3. The Kier molecular flexibility index (Phi) is 4.07. The number of rotatable bonds is 1. The summed E-state index contributed by atoms with van der Waals surface area (Å²) in [6, 6.07) is 6.29. The minimum Gasteiger partial charge on any atom is -0.487 e. The third-order valence-corrected chi connectivity index (χ3v) is 5.22. The molecule has 4 heteroatoms. The van der Waals surface area contributed by atoms with Gasteiger partial charge in [0.1, 0.15) is 11.4 Å². The lowest BCUT2D eigenvalue weighted by Gasteiger charge is -2.41. The predicted molar refractivity (Wildman–Crippen MR) is 85.0 cm³/mol. The van der Waals surface area contributed by atoms with Crippen molar-refractivity contribution in [1.82, 2.24) is 4.90 Å². The second-order valence-corrected chi connectivity index (χ2v) is 6.98. The number of benzene rings is 1. The van der Waals surface area contributed by atoms with E-state index in [0.717, 1.165) is 48.1 Å². The Labute approximate surface area is 129 Å². The van der Waals surface area contributed by atoms with E-state index in [1.54, 1.807) is 0 Å². The number of halogens is 1. The molecule has 0 amide bonds. The summed E-state index contributed by atoms with van der Waals surface area (Å²) in [6.45, 7) is 5.67. The van der Waals surface area contributed by atoms with Gasteiger partial charge in [0.25, 0.3) is 0 Å². The van der Waals surface area contributed by atoms with Crippen molar-refractivity contribution < 1.29 is 4.74 Å². The van der Waals surface area contributed by atoms with E-state index in [2.05, 4.69) is 39.9 Å². The Morgan fingerprint density at radius 1 is 1.40 bits per heavy atom. The highest BCUT2D eigenvalue weighted by atomic mass is 79.9. The summed E-state index contributed by atoms with van der Waals surface area (Å²) in [4.78, 5) is 2.51. The molecule has 0 bridgehead atoms. The van der Waals surface area contributed by atoms with E-state index in [4.69, 9.17) is 10.5 Å². The third-order valence-electron chi connectivity index (χ3n) is 4.73. The largest absolute Gasteiger partial charge is 0.487 e. The van der Waals surface area contributed by atoms with Gasteiger partial charge in [-0.2, -0.15) is 0 Å². The number of hydrogen-bond donors (Lipinski definition) is 1. The zero-order chi connectivity index (χ0) is 14.2. The van der Waals surface area contributed by atoms with E-state index in [-0.39, 0.29) is 11.6 Å². The average molecular weight is 339 g/mol. The monoisotopic (exact) mass is 338 g/mol. The summed E-state index contributed by atoms with van der Waals surface area (Å²) in [5.74, 6) is 0.983. The van der Waals surface area contributed by atoms with Gasteiger partial charge in [-0.05, 0) is 50.6 Å². The van der Waals surface area contributed by atoms with Gasteiger partial charge < -0.3 is 15.4 Å². The number of likely N-dealkylation sites (tertiary alicyclic amines) is 1. The van der Waals surface area contributed by atoms with Crippen LogP contribution in [0.2, 0.25) is 0 Å². The molecule has 1 aromatic rings. The van der Waals surface area contributed by atoms with Crippen molar-refractivity contribution in [3.8, 4) is 5.75 Å². The van der Waals surface area contributed by atoms with E-state index >= 15 is 0 Å². The first-order chi connectivity index (χ1) is 9.62. The van der Waals surface area contributed by atoms with Crippen LogP contribution in [-0.4, -0.2) is 30.1 Å². The zero-order valence-electron chi connectivity index (χ0n) is 12.1. The van der Waals surface area contributed by atoms with Crippen molar-refractivity contribution >= 4 is 15.9 Å². The van der Waals surface area contributed by atoms with Gasteiger partial charge in [0, 0.05) is 29.0 Å². The van der Waals surface area contributed by atoms with Crippen LogP contribution in [0.1, 0.15) is 44.2 Å².